The molecule has 0 saturated carbocycles. The van der Waals surface area contributed by atoms with E-state index in [2.05, 4.69) is 0 Å². The number of rotatable bonds is 2. The van der Waals surface area contributed by atoms with Crippen LogP contribution in [0, 0.1) is 5.82 Å². The Balaban J connectivity index is 1.50. The normalized spacial score (nSPS) is 18.3. The van der Waals surface area contributed by atoms with Crippen LogP contribution in [0.1, 0.15) is 27.8 Å². The molecule has 1 aliphatic rings. The highest BCUT2D eigenvalue weighted by Crippen LogP contribution is 2.36. The molecule has 2 heterocycles. The van der Waals surface area contributed by atoms with Crippen molar-refractivity contribution in [2.75, 3.05) is 18.8 Å². The quantitative estimate of drug-likeness (QED) is 0.656. The van der Waals surface area contributed by atoms with Gasteiger partial charge in [0, 0.05) is 35.0 Å². The summed E-state index contributed by atoms with van der Waals surface area (Å²) in [4.78, 5) is 14.6. The Hall–Kier alpha value is -2.27. The van der Waals surface area contributed by atoms with Crippen LogP contribution >= 0.6 is 11.8 Å². The number of hydrogen-bond acceptors (Lipinski definition) is 3. The third-order valence-corrected chi connectivity index (χ3v) is 5.83. The number of fused-ring (bicyclic) bond motifs is 1. The second-order valence-electron chi connectivity index (χ2n) is 6.11. The molecular weight excluding hydrogens is 337 g/mol. The van der Waals surface area contributed by atoms with Gasteiger partial charge in [-0.3, -0.25) is 4.79 Å². The fourth-order valence-electron chi connectivity index (χ4n) is 3.20. The molecule has 3 nitrogen and oxygen atoms in total. The van der Waals surface area contributed by atoms with Crippen molar-refractivity contribution in [3.05, 3.63) is 71.7 Å². The first kappa shape index (κ1) is 16.2. The smallest absolute Gasteiger partial charge is 0.289 e. The van der Waals surface area contributed by atoms with Crippen LogP contribution in [0.25, 0.3) is 11.0 Å². The predicted molar refractivity (Wildman–Crippen MR) is 98.3 cm³/mol. The molecule has 0 bridgehead atoms. The number of hydrogen-bond donors (Lipinski definition) is 0. The first-order valence-electron chi connectivity index (χ1n) is 8.36. The van der Waals surface area contributed by atoms with Crippen molar-refractivity contribution in [2.45, 2.75) is 11.7 Å². The number of carbonyl (C=O) groups excluding carboxylic acids is 1. The van der Waals surface area contributed by atoms with Crippen LogP contribution in [0.2, 0.25) is 0 Å². The van der Waals surface area contributed by atoms with Gasteiger partial charge in [0.05, 0.1) is 0 Å². The lowest BCUT2D eigenvalue weighted by molar-refractivity contribution is 0.0737. The standard InChI is InChI=1S/C20H18FNO2S/c21-16-7-3-2-6-15(16)19-9-10-22(11-12-25-19)20(23)18-13-14-5-1-4-8-17(14)24-18/h1-8,13,19H,9-12H2. The monoisotopic (exact) mass is 355 g/mol. The van der Waals surface area contributed by atoms with E-state index in [1.807, 2.05) is 41.3 Å². The maximum atomic E-state index is 14.0. The molecule has 4 rings (SSSR count). The Morgan fingerprint density at radius 3 is 2.76 bits per heavy atom. The third kappa shape index (κ3) is 3.29. The van der Waals surface area contributed by atoms with Crippen LogP contribution in [0.3, 0.4) is 0 Å². The van der Waals surface area contributed by atoms with Gasteiger partial charge < -0.3 is 9.32 Å². The first-order chi connectivity index (χ1) is 12.2. The molecule has 5 heteroatoms. The molecule has 0 aliphatic carbocycles. The molecule has 1 saturated heterocycles. The largest absolute Gasteiger partial charge is 0.451 e. The fraction of sp³-hybridized carbons (Fsp3) is 0.250. The van der Waals surface area contributed by atoms with Crippen molar-refractivity contribution in [1.82, 2.24) is 4.90 Å². The summed E-state index contributed by atoms with van der Waals surface area (Å²) in [6, 6.07) is 16.3. The first-order valence-corrected chi connectivity index (χ1v) is 9.41. The van der Waals surface area contributed by atoms with Gasteiger partial charge in [-0.25, -0.2) is 4.39 Å². The molecule has 1 aliphatic heterocycles. The number of carbonyl (C=O) groups is 1. The number of thioether (sulfide) groups is 1. The minimum Gasteiger partial charge on any atom is -0.451 e. The maximum Gasteiger partial charge on any atom is 0.289 e. The second-order valence-corrected chi connectivity index (χ2v) is 7.42. The van der Waals surface area contributed by atoms with E-state index < -0.39 is 0 Å². The second kappa shape index (κ2) is 6.92. The van der Waals surface area contributed by atoms with Crippen LogP contribution in [0.15, 0.2) is 59.0 Å². The van der Waals surface area contributed by atoms with Gasteiger partial charge in [-0.2, -0.15) is 11.8 Å². The van der Waals surface area contributed by atoms with Gasteiger partial charge in [-0.05, 0) is 24.6 Å². The molecule has 0 radical (unpaired) electrons. The molecule has 3 aromatic rings. The highest BCUT2D eigenvalue weighted by atomic mass is 32.2. The zero-order chi connectivity index (χ0) is 17.2. The Morgan fingerprint density at radius 1 is 1.12 bits per heavy atom. The fourth-order valence-corrected chi connectivity index (χ4v) is 4.45. The molecule has 128 valence electrons. The maximum absolute atomic E-state index is 14.0. The van der Waals surface area contributed by atoms with Gasteiger partial charge in [-0.15, -0.1) is 0 Å². The van der Waals surface area contributed by atoms with E-state index in [0.717, 1.165) is 28.7 Å². The van der Waals surface area contributed by atoms with E-state index >= 15 is 0 Å². The number of halogens is 1. The lowest BCUT2D eigenvalue weighted by Crippen LogP contribution is -2.32. The van der Waals surface area contributed by atoms with Crippen LogP contribution in [-0.2, 0) is 0 Å². The lowest BCUT2D eigenvalue weighted by Gasteiger charge is -2.19. The van der Waals surface area contributed by atoms with E-state index in [0.29, 0.717) is 18.8 Å². The van der Waals surface area contributed by atoms with Crippen molar-refractivity contribution in [3.63, 3.8) is 0 Å². The van der Waals surface area contributed by atoms with Crippen LogP contribution in [0.4, 0.5) is 4.39 Å². The minimum absolute atomic E-state index is 0.0784. The molecule has 25 heavy (non-hydrogen) atoms. The Morgan fingerprint density at radius 2 is 1.92 bits per heavy atom. The summed E-state index contributed by atoms with van der Waals surface area (Å²) in [5.74, 6) is 0.893. The molecule has 0 N–H and O–H groups in total. The summed E-state index contributed by atoms with van der Waals surface area (Å²) >= 11 is 1.71. The highest BCUT2D eigenvalue weighted by Gasteiger charge is 2.26. The molecule has 2 aromatic carbocycles. The van der Waals surface area contributed by atoms with Crippen LogP contribution < -0.4 is 0 Å². The van der Waals surface area contributed by atoms with E-state index in [4.69, 9.17) is 4.42 Å². The summed E-state index contributed by atoms with van der Waals surface area (Å²) in [7, 11) is 0. The number of benzene rings is 2. The van der Waals surface area contributed by atoms with Gasteiger partial charge in [0.1, 0.15) is 11.4 Å². The van der Waals surface area contributed by atoms with Gasteiger partial charge in [0.25, 0.3) is 5.91 Å². The van der Waals surface area contributed by atoms with Crippen LogP contribution in [-0.4, -0.2) is 29.6 Å². The van der Waals surface area contributed by atoms with Crippen molar-refractivity contribution < 1.29 is 13.6 Å². The summed E-state index contributed by atoms with van der Waals surface area (Å²) < 4.78 is 19.7. The van der Waals surface area contributed by atoms with E-state index in [1.165, 1.54) is 6.07 Å². The third-order valence-electron chi connectivity index (χ3n) is 4.52. The van der Waals surface area contributed by atoms with Crippen molar-refractivity contribution in [2.24, 2.45) is 0 Å². The number of furan rings is 1. The minimum atomic E-state index is -0.169. The summed E-state index contributed by atoms with van der Waals surface area (Å²) in [6.45, 7) is 1.24. The average molecular weight is 355 g/mol. The highest BCUT2D eigenvalue weighted by molar-refractivity contribution is 7.99. The number of amides is 1. The van der Waals surface area contributed by atoms with Gasteiger partial charge >= 0.3 is 0 Å². The predicted octanol–water partition coefficient (Wildman–Crippen LogP) is 4.89. The Bertz CT molecular complexity index is 874. The Kier molecular flexibility index (Phi) is 4.49. The summed E-state index contributed by atoms with van der Waals surface area (Å²) in [5.41, 5.74) is 1.45. The SMILES string of the molecule is O=C(c1cc2ccccc2o1)N1CCSC(c2ccccc2F)CC1. The van der Waals surface area contributed by atoms with Crippen molar-refractivity contribution >= 4 is 28.6 Å². The number of nitrogens with zero attached hydrogens (tertiary/aromatic N) is 1. The van der Waals surface area contributed by atoms with E-state index in [1.54, 1.807) is 23.9 Å². The lowest BCUT2D eigenvalue weighted by atomic mass is 10.1. The van der Waals surface area contributed by atoms with Crippen molar-refractivity contribution in [3.8, 4) is 0 Å². The summed E-state index contributed by atoms with van der Waals surface area (Å²) in [5, 5.41) is 1.01. The Labute approximate surface area is 149 Å². The zero-order valence-corrected chi connectivity index (χ0v) is 14.5. The molecule has 1 unspecified atom stereocenters. The molecule has 1 atom stereocenters. The number of para-hydroxylation sites is 1. The zero-order valence-electron chi connectivity index (χ0n) is 13.7. The van der Waals surface area contributed by atoms with E-state index in [9.17, 15) is 9.18 Å². The van der Waals surface area contributed by atoms with Crippen LogP contribution in [0.5, 0.6) is 0 Å². The van der Waals surface area contributed by atoms with Gasteiger partial charge in [0.15, 0.2) is 5.76 Å². The molecule has 1 aromatic heterocycles. The van der Waals surface area contributed by atoms with Gasteiger partial charge in [0.2, 0.25) is 0 Å². The van der Waals surface area contributed by atoms with Gasteiger partial charge in [-0.1, -0.05) is 36.4 Å². The topological polar surface area (TPSA) is 33.5 Å². The molecular formula is C20H18FNO2S. The average Bonchev–Trinajstić information content (AvgIpc) is 2.92. The summed E-state index contributed by atoms with van der Waals surface area (Å²) in [6.07, 6.45) is 0.734. The van der Waals surface area contributed by atoms with E-state index in [-0.39, 0.29) is 17.0 Å². The molecule has 1 amide bonds. The molecule has 0 spiro atoms. The van der Waals surface area contributed by atoms with Crippen molar-refractivity contribution in [1.29, 1.82) is 0 Å². The molecule has 1 fully saturated rings.